The van der Waals surface area contributed by atoms with E-state index in [4.69, 9.17) is 16.3 Å². The summed E-state index contributed by atoms with van der Waals surface area (Å²) in [5.41, 5.74) is 2.54. The summed E-state index contributed by atoms with van der Waals surface area (Å²) in [6.07, 6.45) is 3.58. The first-order valence-corrected chi connectivity index (χ1v) is 8.98. The highest BCUT2D eigenvalue weighted by atomic mass is 35.5. The third kappa shape index (κ3) is 3.60. The van der Waals surface area contributed by atoms with Crippen LogP contribution in [0, 0.1) is 5.82 Å². The zero-order chi connectivity index (χ0) is 18.0. The summed E-state index contributed by atoms with van der Waals surface area (Å²) in [7, 11) is 0. The second-order valence-electron chi connectivity index (χ2n) is 5.45. The number of nitrogens with zero attached hydrogens (tertiary/aromatic N) is 1. The van der Waals surface area contributed by atoms with Crippen LogP contribution in [0.15, 0.2) is 47.1 Å². The minimum atomic E-state index is -0.452. The lowest BCUT2D eigenvalue weighted by Gasteiger charge is -2.26. The Kier molecular flexibility index (Phi) is 5.20. The Morgan fingerprint density at radius 1 is 1.48 bits per heavy atom. The molecule has 4 nitrogen and oxygen atoms in total. The van der Waals surface area contributed by atoms with Gasteiger partial charge >= 0.3 is 5.97 Å². The van der Waals surface area contributed by atoms with Crippen molar-refractivity contribution in [2.45, 2.75) is 19.8 Å². The van der Waals surface area contributed by atoms with Gasteiger partial charge in [0.2, 0.25) is 0 Å². The fourth-order valence-corrected chi connectivity index (χ4v) is 3.67. The number of hydrogen-bond acceptors (Lipinski definition) is 5. The molecule has 0 saturated heterocycles. The lowest BCUT2D eigenvalue weighted by molar-refractivity contribution is -0.138. The van der Waals surface area contributed by atoms with Crippen LogP contribution >= 0.6 is 22.9 Å². The molecule has 25 heavy (non-hydrogen) atoms. The number of esters is 1. The fourth-order valence-electron chi connectivity index (χ4n) is 2.76. The van der Waals surface area contributed by atoms with E-state index in [1.165, 1.54) is 23.5 Å². The van der Waals surface area contributed by atoms with Crippen molar-refractivity contribution in [3.05, 3.63) is 68.5 Å². The van der Waals surface area contributed by atoms with Gasteiger partial charge in [-0.3, -0.25) is 0 Å². The van der Waals surface area contributed by atoms with Crippen molar-refractivity contribution in [2.75, 3.05) is 6.61 Å². The van der Waals surface area contributed by atoms with Gasteiger partial charge in [0.15, 0.2) is 0 Å². The van der Waals surface area contributed by atoms with Gasteiger partial charge in [-0.25, -0.2) is 14.2 Å². The molecule has 3 rings (SSSR count). The lowest BCUT2D eigenvalue weighted by atomic mass is 9.86. The third-order valence-corrected chi connectivity index (χ3v) is 4.96. The number of aromatic nitrogens is 1. The highest BCUT2D eigenvalue weighted by Gasteiger charge is 2.31. The maximum absolute atomic E-state index is 13.4. The van der Waals surface area contributed by atoms with Crippen LogP contribution in [0.1, 0.15) is 30.3 Å². The van der Waals surface area contributed by atoms with E-state index in [0.29, 0.717) is 16.8 Å². The highest BCUT2D eigenvalue weighted by molar-refractivity contribution is 7.10. The van der Waals surface area contributed by atoms with E-state index in [-0.39, 0.29) is 11.6 Å². The molecular formula is C18H16ClFN2O2S. The number of rotatable bonds is 4. The number of dihydropyridines is 1. The SMILES string of the molecule is CCOC(=O)C1=C(C)NC(c2nccs2)=CC1c1ccc(F)cc1Cl. The van der Waals surface area contributed by atoms with Gasteiger partial charge < -0.3 is 10.1 Å². The molecule has 1 N–H and O–H groups in total. The number of ether oxygens (including phenoxy) is 1. The van der Waals surface area contributed by atoms with E-state index >= 15 is 0 Å². The monoisotopic (exact) mass is 378 g/mol. The predicted octanol–water partition coefficient (Wildman–Crippen LogP) is 4.50. The van der Waals surface area contributed by atoms with Crippen molar-refractivity contribution in [3.8, 4) is 0 Å². The molecule has 2 heterocycles. The number of halogens is 2. The summed E-state index contributed by atoms with van der Waals surface area (Å²) in [6, 6.07) is 4.17. The summed E-state index contributed by atoms with van der Waals surface area (Å²) in [5.74, 6) is -1.30. The minimum absolute atomic E-state index is 0.260. The molecule has 0 bridgehead atoms. The molecule has 0 spiro atoms. The van der Waals surface area contributed by atoms with Gasteiger partial charge in [-0.15, -0.1) is 11.3 Å². The molecule has 1 atom stereocenters. The summed E-state index contributed by atoms with van der Waals surface area (Å²) >= 11 is 7.73. The van der Waals surface area contributed by atoms with Gasteiger partial charge in [-0.05, 0) is 37.6 Å². The topological polar surface area (TPSA) is 51.2 Å². The number of benzene rings is 1. The Labute approximate surface area is 154 Å². The summed E-state index contributed by atoms with van der Waals surface area (Å²) < 4.78 is 18.6. The number of thiazole rings is 1. The van der Waals surface area contributed by atoms with Gasteiger partial charge in [0.05, 0.1) is 17.9 Å². The lowest BCUT2D eigenvalue weighted by Crippen LogP contribution is -2.26. The zero-order valence-corrected chi connectivity index (χ0v) is 15.2. The molecule has 1 aromatic heterocycles. The maximum Gasteiger partial charge on any atom is 0.336 e. The Morgan fingerprint density at radius 3 is 2.92 bits per heavy atom. The fraction of sp³-hybridized carbons (Fsp3) is 0.222. The van der Waals surface area contributed by atoms with Crippen LogP contribution in [-0.4, -0.2) is 17.6 Å². The Hall–Kier alpha value is -2.18. The summed E-state index contributed by atoms with van der Waals surface area (Å²) in [5, 5.41) is 6.14. The molecule has 0 amide bonds. The van der Waals surface area contributed by atoms with E-state index < -0.39 is 17.7 Å². The average molecular weight is 379 g/mol. The summed E-state index contributed by atoms with van der Waals surface area (Å²) in [4.78, 5) is 16.8. The van der Waals surface area contributed by atoms with Crippen LogP contribution in [0.3, 0.4) is 0 Å². The number of carbonyl (C=O) groups excluding carboxylic acids is 1. The van der Waals surface area contributed by atoms with Crippen LogP contribution < -0.4 is 5.32 Å². The first-order valence-electron chi connectivity index (χ1n) is 7.72. The van der Waals surface area contributed by atoms with Crippen LogP contribution in [0.25, 0.3) is 5.70 Å². The second-order valence-corrected chi connectivity index (χ2v) is 6.75. The summed E-state index contributed by atoms with van der Waals surface area (Å²) in [6.45, 7) is 3.82. The molecule has 1 aromatic carbocycles. The first kappa shape index (κ1) is 17.6. The second kappa shape index (κ2) is 7.37. The maximum atomic E-state index is 13.4. The van der Waals surface area contributed by atoms with Crippen molar-refractivity contribution in [1.29, 1.82) is 0 Å². The molecule has 1 unspecified atom stereocenters. The first-order chi connectivity index (χ1) is 12.0. The Bertz CT molecular complexity index is 862. The number of allylic oxidation sites excluding steroid dienone is 2. The van der Waals surface area contributed by atoms with E-state index in [1.54, 1.807) is 26.1 Å². The molecular weight excluding hydrogens is 363 g/mol. The normalized spacial score (nSPS) is 17.1. The predicted molar refractivity (Wildman–Crippen MR) is 96.7 cm³/mol. The van der Waals surface area contributed by atoms with E-state index in [0.717, 1.165) is 10.7 Å². The zero-order valence-electron chi connectivity index (χ0n) is 13.7. The molecule has 0 saturated carbocycles. The Balaban J connectivity index is 2.11. The smallest absolute Gasteiger partial charge is 0.336 e. The van der Waals surface area contributed by atoms with Crippen molar-refractivity contribution < 1.29 is 13.9 Å². The van der Waals surface area contributed by atoms with Gasteiger partial charge in [0, 0.05) is 28.2 Å². The van der Waals surface area contributed by atoms with Gasteiger partial charge in [-0.2, -0.15) is 0 Å². The highest BCUT2D eigenvalue weighted by Crippen LogP contribution is 2.38. The van der Waals surface area contributed by atoms with Crippen molar-refractivity contribution in [2.24, 2.45) is 0 Å². The van der Waals surface area contributed by atoms with Crippen LogP contribution in [0.5, 0.6) is 0 Å². The van der Waals surface area contributed by atoms with Gasteiger partial charge in [0.1, 0.15) is 10.8 Å². The molecule has 0 radical (unpaired) electrons. The molecule has 130 valence electrons. The standard InChI is InChI=1S/C18H16ClFN2O2S/c1-3-24-18(23)16-10(2)22-15(17-21-6-7-25-17)9-13(16)12-5-4-11(20)8-14(12)19/h4-9,13,22H,3H2,1-2H3. The van der Waals surface area contributed by atoms with Crippen molar-refractivity contribution >= 4 is 34.6 Å². The number of carbonyl (C=O) groups is 1. The van der Waals surface area contributed by atoms with Crippen molar-refractivity contribution in [1.82, 2.24) is 10.3 Å². The molecule has 2 aromatic rings. The largest absolute Gasteiger partial charge is 0.463 e. The van der Waals surface area contributed by atoms with Gasteiger partial charge in [-0.1, -0.05) is 17.7 Å². The number of hydrogen-bond donors (Lipinski definition) is 1. The van der Waals surface area contributed by atoms with Crippen molar-refractivity contribution in [3.63, 3.8) is 0 Å². The molecule has 7 heteroatoms. The van der Waals surface area contributed by atoms with Crippen LogP contribution in [-0.2, 0) is 9.53 Å². The molecule has 1 aliphatic rings. The van der Waals surface area contributed by atoms with E-state index in [1.807, 2.05) is 11.5 Å². The van der Waals surface area contributed by atoms with Gasteiger partial charge in [0.25, 0.3) is 0 Å². The Morgan fingerprint density at radius 2 is 2.28 bits per heavy atom. The van der Waals surface area contributed by atoms with E-state index in [9.17, 15) is 9.18 Å². The van der Waals surface area contributed by atoms with E-state index in [2.05, 4.69) is 10.3 Å². The average Bonchev–Trinajstić information content (AvgIpc) is 3.08. The van der Waals surface area contributed by atoms with Crippen LogP contribution in [0.4, 0.5) is 4.39 Å². The molecule has 0 fully saturated rings. The number of nitrogens with one attached hydrogen (secondary N) is 1. The molecule has 0 aliphatic carbocycles. The van der Waals surface area contributed by atoms with Crippen LogP contribution in [0.2, 0.25) is 5.02 Å². The quantitative estimate of drug-likeness (QED) is 0.796. The molecule has 1 aliphatic heterocycles. The third-order valence-electron chi connectivity index (χ3n) is 3.83. The minimum Gasteiger partial charge on any atom is -0.463 e.